The molecule has 1 saturated carbocycles. The van der Waals surface area contributed by atoms with Crippen LogP contribution in [-0.4, -0.2) is 22.8 Å². The lowest BCUT2D eigenvalue weighted by atomic mass is 9.66. The molecule has 148 valence electrons. The first-order chi connectivity index (χ1) is 12.3. The summed E-state index contributed by atoms with van der Waals surface area (Å²) >= 11 is 0. The number of carboxylic acid groups (broad SMARTS) is 1. The quantitative estimate of drug-likeness (QED) is 0.585. The van der Waals surface area contributed by atoms with Crippen LogP contribution in [0.15, 0.2) is 4.52 Å². The van der Waals surface area contributed by atoms with Crippen LogP contribution in [0.2, 0.25) is 0 Å². The first-order valence-corrected chi connectivity index (χ1v) is 10.2. The minimum absolute atomic E-state index is 0.139. The SMILES string of the molecule is CCC(CCC(=O)O)c1noc(C2CC(CC(C)(C)CC)C2)c1CCN. The maximum absolute atomic E-state index is 10.9. The van der Waals surface area contributed by atoms with Gasteiger partial charge in [0.2, 0.25) is 0 Å². The van der Waals surface area contributed by atoms with Crippen molar-refractivity contribution in [3.05, 3.63) is 17.0 Å². The van der Waals surface area contributed by atoms with Gasteiger partial charge in [-0.05, 0) is 56.4 Å². The van der Waals surface area contributed by atoms with Crippen molar-refractivity contribution in [1.82, 2.24) is 5.16 Å². The summed E-state index contributed by atoms with van der Waals surface area (Å²) in [6, 6.07) is 0. The third-order valence-corrected chi connectivity index (χ3v) is 6.23. The molecule has 1 aliphatic carbocycles. The topological polar surface area (TPSA) is 89.3 Å². The Kier molecular flexibility index (Phi) is 7.27. The van der Waals surface area contributed by atoms with Gasteiger partial charge < -0.3 is 15.4 Å². The number of carboxylic acids is 1. The zero-order valence-corrected chi connectivity index (χ0v) is 16.9. The Morgan fingerprint density at radius 2 is 2.08 bits per heavy atom. The third-order valence-electron chi connectivity index (χ3n) is 6.23. The Morgan fingerprint density at radius 1 is 1.38 bits per heavy atom. The maximum atomic E-state index is 10.9. The fraction of sp³-hybridized carbons (Fsp3) is 0.810. The summed E-state index contributed by atoms with van der Waals surface area (Å²) in [5, 5.41) is 13.4. The van der Waals surface area contributed by atoms with Crippen molar-refractivity contribution in [2.45, 2.75) is 90.9 Å². The van der Waals surface area contributed by atoms with Gasteiger partial charge in [-0.15, -0.1) is 0 Å². The molecule has 2 rings (SSSR count). The molecular weight excluding hydrogens is 328 g/mol. The fourth-order valence-corrected chi connectivity index (χ4v) is 4.25. The Labute approximate surface area is 157 Å². The lowest BCUT2D eigenvalue weighted by Gasteiger charge is -2.39. The fourth-order valence-electron chi connectivity index (χ4n) is 4.25. The van der Waals surface area contributed by atoms with E-state index in [9.17, 15) is 4.79 Å². The molecule has 1 heterocycles. The highest BCUT2D eigenvalue weighted by molar-refractivity contribution is 5.66. The lowest BCUT2D eigenvalue weighted by molar-refractivity contribution is -0.137. The van der Waals surface area contributed by atoms with Crippen LogP contribution >= 0.6 is 0 Å². The molecule has 0 amide bonds. The minimum Gasteiger partial charge on any atom is -0.481 e. The summed E-state index contributed by atoms with van der Waals surface area (Å²) in [7, 11) is 0. The summed E-state index contributed by atoms with van der Waals surface area (Å²) in [5.74, 6) is 1.62. The molecule has 1 atom stereocenters. The van der Waals surface area contributed by atoms with Gasteiger partial charge in [-0.25, -0.2) is 0 Å². The number of aromatic nitrogens is 1. The summed E-state index contributed by atoms with van der Waals surface area (Å²) in [6.45, 7) is 9.61. The van der Waals surface area contributed by atoms with Gasteiger partial charge in [0.1, 0.15) is 5.76 Å². The van der Waals surface area contributed by atoms with E-state index in [1.54, 1.807) is 0 Å². The van der Waals surface area contributed by atoms with Crippen LogP contribution in [0.25, 0.3) is 0 Å². The molecule has 1 aliphatic rings. The molecule has 0 saturated heterocycles. The van der Waals surface area contributed by atoms with Crippen molar-refractivity contribution in [2.24, 2.45) is 17.1 Å². The van der Waals surface area contributed by atoms with Crippen molar-refractivity contribution in [3.63, 3.8) is 0 Å². The van der Waals surface area contributed by atoms with E-state index in [-0.39, 0.29) is 12.3 Å². The smallest absolute Gasteiger partial charge is 0.303 e. The molecule has 1 aromatic heterocycles. The van der Waals surface area contributed by atoms with E-state index >= 15 is 0 Å². The average molecular weight is 365 g/mol. The van der Waals surface area contributed by atoms with Gasteiger partial charge in [-0.2, -0.15) is 0 Å². The number of rotatable bonds is 11. The second-order valence-electron chi connectivity index (χ2n) is 8.74. The monoisotopic (exact) mass is 364 g/mol. The van der Waals surface area contributed by atoms with Crippen molar-refractivity contribution < 1.29 is 14.4 Å². The van der Waals surface area contributed by atoms with E-state index < -0.39 is 5.97 Å². The highest BCUT2D eigenvalue weighted by Gasteiger charge is 2.38. The van der Waals surface area contributed by atoms with Gasteiger partial charge in [0.15, 0.2) is 0 Å². The first kappa shape index (κ1) is 20.9. The second-order valence-corrected chi connectivity index (χ2v) is 8.74. The predicted molar refractivity (Wildman–Crippen MR) is 103 cm³/mol. The third kappa shape index (κ3) is 5.09. The summed E-state index contributed by atoms with van der Waals surface area (Å²) < 4.78 is 5.79. The summed E-state index contributed by atoms with van der Waals surface area (Å²) in [6.07, 6.45) is 7.22. The molecular formula is C21H36N2O3. The number of nitrogens with two attached hydrogens (primary N) is 1. The standard InChI is InChI=1S/C21H36N2O3/c1-5-15(7-8-18(24)25)19-17(9-10-22)20(26-23-19)16-11-14(12-16)13-21(3,4)6-2/h14-16H,5-13,22H2,1-4H3,(H,24,25). The highest BCUT2D eigenvalue weighted by Crippen LogP contribution is 2.49. The molecule has 0 bridgehead atoms. The molecule has 0 aromatic carbocycles. The van der Waals surface area contributed by atoms with E-state index in [2.05, 4.69) is 32.9 Å². The predicted octanol–water partition coefficient (Wildman–Crippen LogP) is 4.85. The Hall–Kier alpha value is -1.36. The van der Waals surface area contributed by atoms with Crippen LogP contribution in [-0.2, 0) is 11.2 Å². The van der Waals surface area contributed by atoms with Crippen molar-refractivity contribution in [1.29, 1.82) is 0 Å². The Morgan fingerprint density at radius 3 is 2.62 bits per heavy atom. The van der Waals surface area contributed by atoms with Crippen LogP contribution < -0.4 is 5.73 Å². The zero-order valence-electron chi connectivity index (χ0n) is 16.9. The van der Waals surface area contributed by atoms with Gasteiger partial charge in [0.05, 0.1) is 5.69 Å². The second kappa shape index (κ2) is 9.03. The molecule has 1 unspecified atom stereocenters. The van der Waals surface area contributed by atoms with Crippen molar-refractivity contribution in [2.75, 3.05) is 6.54 Å². The van der Waals surface area contributed by atoms with Crippen LogP contribution in [0.3, 0.4) is 0 Å². The normalized spacial score (nSPS) is 21.4. The number of aliphatic carboxylic acids is 1. The van der Waals surface area contributed by atoms with Gasteiger partial charge in [0, 0.05) is 23.8 Å². The lowest BCUT2D eigenvalue weighted by Crippen LogP contribution is -2.27. The summed E-state index contributed by atoms with van der Waals surface area (Å²) in [5.41, 5.74) is 8.36. The van der Waals surface area contributed by atoms with E-state index in [0.717, 1.165) is 35.8 Å². The molecule has 1 aromatic rings. The van der Waals surface area contributed by atoms with E-state index in [0.29, 0.717) is 24.3 Å². The van der Waals surface area contributed by atoms with Gasteiger partial charge in [-0.3, -0.25) is 4.79 Å². The molecule has 3 N–H and O–H groups in total. The summed E-state index contributed by atoms with van der Waals surface area (Å²) in [4.78, 5) is 10.9. The molecule has 26 heavy (non-hydrogen) atoms. The van der Waals surface area contributed by atoms with Crippen LogP contribution in [0.5, 0.6) is 0 Å². The van der Waals surface area contributed by atoms with Gasteiger partial charge >= 0.3 is 5.97 Å². The zero-order chi connectivity index (χ0) is 19.3. The minimum atomic E-state index is -0.757. The Balaban J connectivity index is 2.08. The van der Waals surface area contributed by atoms with Crippen LogP contribution in [0.1, 0.15) is 101 Å². The van der Waals surface area contributed by atoms with E-state index in [4.69, 9.17) is 15.4 Å². The van der Waals surface area contributed by atoms with Crippen LogP contribution in [0, 0.1) is 11.3 Å². The maximum Gasteiger partial charge on any atom is 0.303 e. The molecule has 5 heteroatoms. The van der Waals surface area contributed by atoms with E-state index in [1.807, 2.05) is 0 Å². The molecule has 0 aliphatic heterocycles. The molecule has 5 nitrogen and oxygen atoms in total. The molecule has 0 radical (unpaired) electrons. The molecule has 0 spiro atoms. The number of carbonyl (C=O) groups is 1. The number of hydrogen-bond donors (Lipinski definition) is 2. The Bertz CT molecular complexity index is 588. The van der Waals surface area contributed by atoms with E-state index in [1.165, 1.54) is 25.7 Å². The van der Waals surface area contributed by atoms with Gasteiger partial charge in [-0.1, -0.05) is 39.3 Å². The highest BCUT2D eigenvalue weighted by atomic mass is 16.5. The number of nitrogens with zero attached hydrogens (tertiary/aromatic N) is 1. The first-order valence-electron chi connectivity index (χ1n) is 10.2. The van der Waals surface area contributed by atoms with Crippen molar-refractivity contribution in [3.8, 4) is 0 Å². The van der Waals surface area contributed by atoms with Crippen molar-refractivity contribution >= 4 is 5.97 Å². The van der Waals surface area contributed by atoms with Gasteiger partial charge in [0.25, 0.3) is 0 Å². The number of hydrogen-bond acceptors (Lipinski definition) is 4. The largest absolute Gasteiger partial charge is 0.481 e. The van der Waals surface area contributed by atoms with Crippen LogP contribution in [0.4, 0.5) is 0 Å². The molecule has 1 fully saturated rings. The average Bonchev–Trinajstić information content (AvgIpc) is 2.95.